The Morgan fingerprint density at radius 3 is 2.69 bits per heavy atom. The molecule has 0 spiro atoms. The Balaban J connectivity index is 2.96. The zero-order chi connectivity index (χ0) is 12.1. The summed E-state index contributed by atoms with van der Waals surface area (Å²) in [5.74, 6) is 0. The van der Waals surface area contributed by atoms with Crippen molar-refractivity contribution in [1.29, 1.82) is 5.26 Å². The van der Waals surface area contributed by atoms with E-state index >= 15 is 0 Å². The van der Waals surface area contributed by atoms with Crippen LogP contribution in [0.15, 0.2) is 18.2 Å². The first-order chi connectivity index (χ1) is 7.60. The number of halogens is 2. The first kappa shape index (κ1) is 13.3. The van der Waals surface area contributed by atoms with Gasteiger partial charge in [-0.3, -0.25) is 5.32 Å². The Kier molecular flexibility index (Phi) is 5.08. The van der Waals surface area contributed by atoms with Crippen LogP contribution in [-0.4, -0.2) is 6.04 Å². The molecule has 1 aromatic rings. The molecule has 86 valence electrons. The summed E-state index contributed by atoms with van der Waals surface area (Å²) < 4.78 is 0. The van der Waals surface area contributed by atoms with Crippen molar-refractivity contribution in [2.45, 2.75) is 32.4 Å². The van der Waals surface area contributed by atoms with Gasteiger partial charge in [-0.25, -0.2) is 0 Å². The van der Waals surface area contributed by atoms with Gasteiger partial charge in [0.2, 0.25) is 0 Å². The fourth-order valence-corrected chi connectivity index (χ4v) is 1.76. The van der Waals surface area contributed by atoms with Crippen molar-refractivity contribution in [3.63, 3.8) is 0 Å². The van der Waals surface area contributed by atoms with E-state index in [0.717, 1.165) is 12.0 Å². The van der Waals surface area contributed by atoms with Crippen LogP contribution in [0.3, 0.4) is 0 Å². The molecule has 4 heteroatoms. The highest BCUT2D eigenvalue weighted by molar-refractivity contribution is 6.42. The second-order valence-corrected chi connectivity index (χ2v) is 4.47. The SMILES string of the molecule is CCC(C)NC(C#N)c1cccc(Cl)c1Cl. The number of hydrogen-bond acceptors (Lipinski definition) is 2. The first-order valence-corrected chi connectivity index (χ1v) is 5.95. The van der Waals surface area contributed by atoms with Gasteiger partial charge in [-0.2, -0.15) is 5.26 Å². The molecule has 2 nitrogen and oxygen atoms in total. The van der Waals surface area contributed by atoms with Gasteiger partial charge < -0.3 is 0 Å². The summed E-state index contributed by atoms with van der Waals surface area (Å²) in [4.78, 5) is 0. The van der Waals surface area contributed by atoms with Gasteiger partial charge in [0, 0.05) is 11.6 Å². The number of nitrogens with zero attached hydrogens (tertiary/aromatic N) is 1. The highest BCUT2D eigenvalue weighted by Gasteiger charge is 2.16. The van der Waals surface area contributed by atoms with Crippen LogP contribution in [0.25, 0.3) is 0 Å². The normalized spacial score (nSPS) is 14.2. The lowest BCUT2D eigenvalue weighted by atomic mass is 10.1. The third-order valence-corrected chi connectivity index (χ3v) is 3.32. The fraction of sp³-hybridized carbons (Fsp3) is 0.417. The number of rotatable bonds is 4. The standard InChI is InChI=1S/C12H14Cl2N2/c1-3-8(2)16-11(7-15)9-5-4-6-10(13)12(9)14/h4-6,8,11,16H,3H2,1-2H3. The lowest BCUT2D eigenvalue weighted by Crippen LogP contribution is -2.29. The summed E-state index contributed by atoms with van der Waals surface area (Å²) >= 11 is 12.0. The molecule has 0 radical (unpaired) electrons. The summed E-state index contributed by atoms with van der Waals surface area (Å²) in [6.07, 6.45) is 0.955. The Morgan fingerprint density at radius 2 is 2.12 bits per heavy atom. The van der Waals surface area contributed by atoms with Gasteiger partial charge >= 0.3 is 0 Å². The average molecular weight is 257 g/mol. The van der Waals surface area contributed by atoms with E-state index in [1.807, 2.05) is 13.0 Å². The molecule has 2 unspecified atom stereocenters. The summed E-state index contributed by atoms with van der Waals surface area (Å²) in [5.41, 5.74) is 0.733. The van der Waals surface area contributed by atoms with E-state index < -0.39 is 6.04 Å². The average Bonchev–Trinajstić information content (AvgIpc) is 2.29. The molecule has 0 fully saturated rings. The second-order valence-electron chi connectivity index (χ2n) is 3.68. The van der Waals surface area contributed by atoms with E-state index in [1.54, 1.807) is 12.1 Å². The Morgan fingerprint density at radius 1 is 1.44 bits per heavy atom. The van der Waals surface area contributed by atoms with Crippen LogP contribution in [-0.2, 0) is 0 Å². The quantitative estimate of drug-likeness (QED) is 0.886. The topological polar surface area (TPSA) is 35.8 Å². The Labute approximate surface area is 106 Å². The third-order valence-electron chi connectivity index (χ3n) is 2.49. The van der Waals surface area contributed by atoms with Crippen LogP contribution in [0.4, 0.5) is 0 Å². The summed E-state index contributed by atoms with van der Waals surface area (Å²) in [6.45, 7) is 4.09. The van der Waals surface area contributed by atoms with Crippen molar-refractivity contribution in [2.75, 3.05) is 0 Å². The molecule has 1 aromatic carbocycles. The molecule has 16 heavy (non-hydrogen) atoms. The predicted molar refractivity (Wildman–Crippen MR) is 67.7 cm³/mol. The van der Waals surface area contributed by atoms with Crippen molar-refractivity contribution in [3.8, 4) is 6.07 Å². The predicted octanol–water partition coefficient (Wildman–Crippen LogP) is 3.95. The summed E-state index contributed by atoms with van der Waals surface area (Å²) in [6, 6.07) is 7.37. The van der Waals surface area contributed by atoms with E-state index in [1.165, 1.54) is 0 Å². The van der Waals surface area contributed by atoms with E-state index in [-0.39, 0.29) is 6.04 Å². The van der Waals surface area contributed by atoms with E-state index in [0.29, 0.717) is 10.0 Å². The van der Waals surface area contributed by atoms with Crippen LogP contribution in [0.2, 0.25) is 10.0 Å². The number of benzene rings is 1. The summed E-state index contributed by atoms with van der Waals surface area (Å²) in [7, 11) is 0. The number of hydrogen-bond donors (Lipinski definition) is 1. The maximum absolute atomic E-state index is 9.12. The maximum Gasteiger partial charge on any atom is 0.123 e. The smallest absolute Gasteiger partial charge is 0.123 e. The molecule has 1 N–H and O–H groups in total. The van der Waals surface area contributed by atoms with Crippen molar-refractivity contribution in [2.24, 2.45) is 0 Å². The van der Waals surface area contributed by atoms with Gasteiger partial charge in [0.05, 0.1) is 16.1 Å². The van der Waals surface area contributed by atoms with Gasteiger partial charge in [-0.05, 0) is 19.4 Å². The molecule has 0 amide bonds. The van der Waals surface area contributed by atoms with E-state index in [4.69, 9.17) is 28.5 Å². The van der Waals surface area contributed by atoms with E-state index in [2.05, 4.69) is 18.3 Å². The molecule has 0 aliphatic rings. The minimum absolute atomic E-state index is 0.264. The summed E-state index contributed by atoms with van der Waals surface area (Å²) in [5, 5.41) is 13.2. The number of nitriles is 1. The number of nitrogens with one attached hydrogen (secondary N) is 1. The van der Waals surface area contributed by atoms with Crippen LogP contribution in [0, 0.1) is 11.3 Å². The van der Waals surface area contributed by atoms with Crippen molar-refractivity contribution >= 4 is 23.2 Å². The van der Waals surface area contributed by atoms with Crippen LogP contribution >= 0.6 is 23.2 Å². The van der Waals surface area contributed by atoms with Gasteiger partial charge in [-0.1, -0.05) is 42.3 Å². The fourth-order valence-electron chi connectivity index (χ4n) is 1.34. The van der Waals surface area contributed by atoms with Crippen molar-refractivity contribution in [3.05, 3.63) is 33.8 Å². The molecular weight excluding hydrogens is 243 g/mol. The van der Waals surface area contributed by atoms with Crippen molar-refractivity contribution < 1.29 is 0 Å². The maximum atomic E-state index is 9.12. The lowest BCUT2D eigenvalue weighted by molar-refractivity contribution is 0.501. The van der Waals surface area contributed by atoms with Gasteiger partial charge in [-0.15, -0.1) is 0 Å². The van der Waals surface area contributed by atoms with E-state index in [9.17, 15) is 0 Å². The highest BCUT2D eigenvalue weighted by atomic mass is 35.5. The largest absolute Gasteiger partial charge is 0.296 e. The highest BCUT2D eigenvalue weighted by Crippen LogP contribution is 2.29. The molecule has 0 saturated carbocycles. The zero-order valence-electron chi connectivity index (χ0n) is 9.30. The van der Waals surface area contributed by atoms with Gasteiger partial charge in [0.1, 0.15) is 6.04 Å². The second kappa shape index (κ2) is 6.10. The van der Waals surface area contributed by atoms with Crippen LogP contribution in [0.1, 0.15) is 31.9 Å². The molecule has 0 aromatic heterocycles. The van der Waals surface area contributed by atoms with Crippen LogP contribution in [0.5, 0.6) is 0 Å². The minimum atomic E-state index is -0.416. The Hall–Kier alpha value is -0.750. The van der Waals surface area contributed by atoms with Gasteiger partial charge in [0.15, 0.2) is 0 Å². The molecule has 2 atom stereocenters. The zero-order valence-corrected chi connectivity index (χ0v) is 10.8. The van der Waals surface area contributed by atoms with Crippen LogP contribution < -0.4 is 5.32 Å². The first-order valence-electron chi connectivity index (χ1n) is 5.19. The molecule has 1 rings (SSSR count). The monoisotopic (exact) mass is 256 g/mol. The lowest BCUT2D eigenvalue weighted by Gasteiger charge is -2.18. The van der Waals surface area contributed by atoms with Crippen molar-refractivity contribution in [1.82, 2.24) is 5.32 Å². The van der Waals surface area contributed by atoms with Gasteiger partial charge in [0.25, 0.3) is 0 Å². The molecule has 0 saturated heterocycles. The molecule has 0 aliphatic carbocycles. The molecule has 0 bridgehead atoms. The third kappa shape index (κ3) is 3.12. The molecule has 0 aliphatic heterocycles. The Bertz CT molecular complexity index is 398. The molecule has 0 heterocycles. The molecular formula is C12H14Cl2N2. The minimum Gasteiger partial charge on any atom is -0.296 e.